The maximum atomic E-state index is 9.55. The highest BCUT2D eigenvalue weighted by Gasteiger charge is 2.23. The first kappa shape index (κ1) is 8.96. The fourth-order valence-electron chi connectivity index (χ4n) is 1.34. The molecule has 14 heavy (non-hydrogen) atoms. The van der Waals surface area contributed by atoms with E-state index in [0.717, 1.165) is 5.69 Å². The zero-order valence-corrected chi connectivity index (χ0v) is 7.79. The van der Waals surface area contributed by atoms with E-state index in [1.165, 1.54) is 5.01 Å². The fourth-order valence-corrected chi connectivity index (χ4v) is 1.34. The Kier molecular flexibility index (Phi) is 2.32. The molecular formula is C9H11N3O2. The predicted octanol–water partition coefficient (Wildman–Crippen LogP) is 1.20. The van der Waals surface area contributed by atoms with Crippen molar-refractivity contribution in [3.8, 4) is 5.75 Å². The Balaban J connectivity index is 2.35. The first-order chi connectivity index (χ1) is 6.83. The molecule has 0 fully saturated rings. The van der Waals surface area contributed by atoms with Crippen LogP contribution in [0.1, 0.15) is 0 Å². The highest BCUT2D eigenvalue weighted by molar-refractivity contribution is 5.58. The summed E-state index contributed by atoms with van der Waals surface area (Å²) in [6.45, 7) is 0.304. The van der Waals surface area contributed by atoms with Gasteiger partial charge in [-0.3, -0.25) is 0 Å². The van der Waals surface area contributed by atoms with Crippen molar-refractivity contribution < 1.29 is 9.84 Å². The molecule has 74 valence electrons. The van der Waals surface area contributed by atoms with Crippen molar-refractivity contribution in [2.24, 2.45) is 10.3 Å². The van der Waals surface area contributed by atoms with E-state index >= 15 is 0 Å². The number of methoxy groups -OCH3 is 1. The van der Waals surface area contributed by atoms with Gasteiger partial charge in [-0.15, -0.1) is 0 Å². The van der Waals surface area contributed by atoms with E-state index in [4.69, 9.17) is 4.74 Å². The van der Waals surface area contributed by atoms with Crippen LogP contribution in [0.15, 0.2) is 34.6 Å². The monoisotopic (exact) mass is 193 g/mol. The minimum absolute atomic E-state index is 0.304. The molecule has 1 unspecified atom stereocenters. The molecule has 5 nitrogen and oxygen atoms in total. The van der Waals surface area contributed by atoms with Crippen LogP contribution < -0.4 is 9.75 Å². The summed E-state index contributed by atoms with van der Waals surface area (Å²) in [4.78, 5) is 0. The third-order valence-electron chi connectivity index (χ3n) is 2.02. The minimum atomic E-state index is -0.689. The van der Waals surface area contributed by atoms with Gasteiger partial charge in [0.2, 0.25) is 0 Å². The molecule has 1 atom stereocenters. The second kappa shape index (κ2) is 3.63. The van der Waals surface area contributed by atoms with E-state index < -0.39 is 6.23 Å². The molecule has 5 heteroatoms. The fraction of sp³-hybridized carbons (Fsp3) is 0.333. The number of nitrogens with zero attached hydrogens (tertiary/aromatic N) is 3. The van der Waals surface area contributed by atoms with Crippen LogP contribution in [0.2, 0.25) is 0 Å². The number of benzene rings is 1. The summed E-state index contributed by atoms with van der Waals surface area (Å²) < 4.78 is 5.15. The maximum Gasteiger partial charge on any atom is 0.170 e. The third-order valence-corrected chi connectivity index (χ3v) is 2.02. The van der Waals surface area contributed by atoms with E-state index in [1.54, 1.807) is 7.11 Å². The minimum Gasteiger partial charge on any atom is -0.495 e. The summed E-state index contributed by atoms with van der Waals surface area (Å²) >= 11 is 0. The normalized spacial score (nSPS) is 20.1. The number of hydrogen-bond acceptors (Lipinski definition) is 5. The van der Waals surface area contributed by atoms with Crippen molar-refractivity contribution >= 4 is 5.69 Å². The molecule has 0 bridgehead atoms. The van der Waals surface area contributed by atoms with Crippen LogP contribution in [0.25, 0.3) is 0 Å². The van der Waals surface area contributed by atoms with Gasteiger partial charge in [0.25, 0.3) is 0 Å². The van der Waals surface area contributed by atoms with Gasteiger partial charge in [-0.2, -0.15) is 5.11 Å². The molecule has 2 rings (SSSR count). The van der Waals surface area contributed by atoms with Crippen LogP contribution in [0.5, 0.6) is 5.75 Å². The number of rotatable bonds is 2. The van der Waals surface area contributed by atoms with E-state index in [2.05, 4.69) is 10.3 Å². The molecule has 0 aliphatic carbocycles. The molecule has 0 saturated carbocycles. The van der Waals surface area contributed by atoms with Gasteiger partial charge < -0.3 is 9.84 Å². The molecule has 1 aromatic rings. The van der Waals surface area contributed by atoms with E-state index in [9.17, 15) is 5.11 Å². The Hall–Kier alpha value is -1.62. The average molecular weight is 193 g/mol. The second-order valence-corrected chi connectivity index (χ2v) is 2.91. The number of aliphatic hydroxyl groups excluding tert-OH is 1. The number of hydrogen-bond donors (Lipinski definition) is 1. The van der Waals surface area contributed by atoms with Crippen molar-refractivity contribution in [3.05, 3.63) is 24.3 Å². The van der Waals surface area contributed by atoms with Crippen molar-refractivity contribution in [1.82, 2.24) is 0 Å². The lowest BCUT2D eigenvalue weighted by Gasteiger charge is -2.18. The van der Waals surface area contributed by atoms with Crippen molar-refractivity contribution in [1.29, 1.82) is 0 Å². The Bertz CT molecular complexity index is 354. The van der Waals surface area contributed by atoms with Gasteiger partial charge >= 0.3 is 0 Å². The molecule has 0 saturated heterocycles. The summed E-state index contributed by atoms with van der Waals surface area (Å²) in [6, 6.07) is 7.36. The molecule has 1 heterocycles. The molecule has 0 spiro atoms. The first-order valence-corrected chi connectivity index (χ1v) is 4.30. The van der Waals surface area contributed by atoms with Gasteiger partial charge in [0.1, 0.15) is 18.0 Å². The largest absolute Gasteiger partial charge is 0.495 e. The number of para-hydroxylation sites is 2. The van der Waals surface area contributed by atoms with Crippen LogP contribution in [-0.4, -0.2) is 25.0 Å². The summed E-state index contributed by atoms with van der Waals surface area (Å²) in [6.07, 6.45) is -0.689. The second-order valence-electron chi connectivity index (χ2n) is 2.91. The predicted molar refractivity (Wildman–Crippen MR) is 51.2 cm³/mol. The van der Waals surface area contributed by atoms with Gasteiger partial charge in [0.15, 0.2) is 6.23 Å². The Labute approximate surface area is 81.6 Å². The lowest BCUT2D eigenvalue weighted by atomic mass is 10.3. The molecule has 0 aromatic heterocycles. The van der Waals surface area contributed by atoms with Crippen LogP contribution >= 0.6 is 0 Å². The molecular weight excluding hydrogens is 182 g/mol. The summed E-state index contributed by atoms with van der Waals surface area (Å²) in [5.74, 6) is 0.674. The van der Waals surface area contributed by atoms with E-state index in [0.29, 0.717) is 12.3 Å². The zero-order valence-electron chi connectivity index (χ0n) is 7.79. The number of anilines is 1. The van der Waals surface area contributed by atoms with Gasteiger partial charge in [-0.05, 0) is 12.1 Å². The Morgan fingerprint density at radius 3 is 2.93 bits per heavy atom. The van der Waals surface area contributed by atoms with E-state index in [1.807, 2.05) is 24.3 Å². The maximum absolute atomic E-state index is 9.55. The van der Waals surface area contributed by atoms with Crippen LogP contribution in [0.4, 0.5) is 5.69 Å². The zero-order chi connectivity index (χ0) is 9.97. The standard InChI is InChI=1S/C9H11N3O2/c1-14-8-5-3-2-4-7(8)12-9(13)6-10-11-12/h2-5,9,13H,6H2,1H3. The average Bonchev–Trinajstić information content (AvgIpc) is 2.64. The SMILES string of the molecule is COc1ccccc1N1N=NCC1O. The van der Waals surface area contributed by atoms with Gasteiger partial charge in [0.05, 0.1) is 7.11 Å². The molecule has 0 amide bonds. The van der Waals surface area contributed by atoms with Gasteiger partial charge in [-0.1, -0.05) is 17.4 Å². The van der Waals surface area contributed by atoms with Gasteiger partial charge in [0, 0.05) is 0 Å². The lowest BCUT2D eigenvalue weighted by molar-refractivity contribution is 0.193. The summed E-state index contributed by atoms with van der Waals surface area (Å²) in [5.41, 5.74) is 0.726. The molecule has 1 aliphatic rings. The van der Waals surface area contributed by atoms with E-state index in [-0.39, 0.29) is 0 Å². The molecule has 1 N–H and O–H groups in total. The van der Waals surface area contributed by atoms with Crippen LogP contribution in [0, 0.1) is 0 Å². The van der Waals surface area contributed by atoms with Crippen molar-refractivity contribution in [2.75, 3.05) is 18.7 Å². The molecule has 0 radical (unpaired) electrons. The summed E-state index contributed by atoms with van der Waals surface area (Å²) in [7, 11) is 1.58. The Morgan fingerprint density at radius 2 is 2.29 bits per heavy atom. The number of aliphatic hydroxyl groups is 1. The quantitative estimate of drug-likeness (QED) is 0.767. The molecule has 1 aliphatic heterocycles. The highest BCUT2D eigenvalue weighted by atomic mass is 16.5. The van der Waals surface area contributed by atoms with Crippen molar-refractivity contribution in [3.63, 3.8) is 0 Å². The lowest BCUT2D eigenvalue weighted by Crippen LogP contribution is -2.28. The highest BCUT2D eigenvalue weighted by Crippen LogP contribution is 2.30. The molecule has 1 aromatic carbocycles. The van der Waals surface area contributed by atoms with Gasteiger partial charge in [-0.25, -0.2) is 5.01 Å². The summed E-state index contributed by atoms with van der Waals surface area (Å²) in [5, 5.41) is 18.6. The number of ether oxygens (including phenoxy) is 1. The topological polar surface area (TPSA) is 57.4 Å². The van der Waals surface area contributed by atoms with Crippen LogP contribution in [-0.2, 0) is 0 Å². The first-order valence-electron chi connectivity index (χ1n) is 4.30. The Morgan fingerprint density at radius 1 is 1.50 bits per heavy atom. The van der Waals surface area contributed by atoms with Crippen molar-refractivity contribution in [2.45, 2.75) is 6.23 Å². The van der Waals surface area contributed by atoms with Crippen LogP contribution in [0.3, 0.4) is 0 Å². The smallest absolute Gasteiger partial charge is 0.170 e. The third kappa shape index (κ3) is 1.42.